The Kier molecular flexibility index (Phi) is 6.09. The van der Waals surface area contributed by atoms with Crippen LogP contribution in [0.3, 0.4) is 0 Å². The van der Waals surface area contributed by atoms with Crippen LogP contribution in [-0.4, -0.2) is 38.1 Å². The fourth-order valence-corrected chi connectivity index (χ4v) is 1.84. The van der Waals surface area contributed by atoms with Crippen molar-refractivity contribution < 1.29 is 9.53 Å². The molecule has 4 nitrogen and oxygen atoms in total. The van der Waals surface area contributed by atoms with Crippen LogP contribution in [0.4, 0.5) is 0 Å². The molecule has 0 radical (unpaired) electrons. The molecular formula is C15H22N2O2. The molecule has 0 aliphatic carbocycles. The van der Waals surface area contributed by atoms with Crippen LogP contribution in [-0.2, 0) is 11.3 Å². The van der Waals surface area contributed by atoms with E-state index in [1.807, 2.05) is 31.3 Å². The van der Waals surface area contributed by atoms with Crippen LogP contribution >= 0.6 is 0 Å². The van der Waals surface area contributed by atoms with Crippen molar-refractivity contribution in [1.82, 2.24) is 10.2 Å². The standard InChI is InChI=1S/C15H22N2O2/c1-5-13-6-7-15(19-4)10-14(13)11-17(3)9-8-16-12(2)18/h5-7,10H,1,8-9,11H2,2-4H3,(H,16,18). The quantitative estimate of drug-likeness (QED) is 0.816. The summed E-state index contributed by atoms with van der Waals surface area (Å²) in [6, 6.07) is 5.95. The Labute approximate surface area is 115 Å². The lowest BCUT2D eigenvalue weighted by Gasteiger charge is -2.18. The number of amides is 1. The monoisotopic (exact) mass is 262 g/mol. The second-order valence-electron chi connectivity index (χ2n) is 4.49. The third kappa shape index (κ3) is 5.14. The summed E-state index contributed by atoms with van der Waals surface area (Å²) in [5, 5.41) is 2.79. The Balaban J connectivity index is 2.63. The van der Waals surface area contributed by atoms with E-state index in [9.17, 15) is 4.79 Å². The smallest absolute Gasteiger partial charge is 0.216 e. The lowest BCUT2D eigenvalue weighted by Crippen LogP contribution is -2.31. The molecular weight excluding hydrogens is 240 g/mol. The van der Waals surface area contributed by atoms with Crippen LogP contribution in [0, 0.1) is 0 Å². The van der Waals surface area contributed by atoms with Crippen LogP contribution in [0.15, 0.2) is 24.8 Å². The molecule has 0 atom stereocenters. The van der Waals surface area contributed by atoms with Gasteiger partial charge in [-0.25, -0.2) is 0 Å². The minimum Gasteiger partial charge on any atom is -0.497 e. The summed E-state index contributed by atoms with van der Waals surface area (Å²) < 4.78 is 5.24. The minimum absolute atomic E-state index is 0.00145. The SMILES string of the molecule is C=Cc1ccc(OC)cc1CN(C)CCNC(C)=O. The van der Waals surface area contributed by atoms with Crippen LogP contribution in [0.25, 0.3) is 6.08 Å². The fourth-order valence-electron chi connectivity index (χ4n) is 1.84. The highest BCUT2D eigenvalue weighted by atomic mass is 16.5. The number of carbonyl (C=O) groups excluding carboxylic acids is 1. The molecule has 1 N–H and O–H groups in total. The zero-order chi connectivity index (χ0) is 14.3. The molecule has 0 aromatic heterocycles. The zero-order valence-electron chi connectivity index (χ0n) is 11.9. The van der Waals surface area contributed by atoms with Gasteiger partial charge in [-0.1, -0.05) is 18.7 Å². The summed E-state index contributed by atoms with van der Waals surface area (Å²) in [6.07, 6.45) is 1.84. The van der Waals surface area contributed by atoms with E-state index in [2.05, 4.69) is 16.8 Å². The third-order valence-corrected chi connectivity index (χ3v) is 2.88. The summed E-state index contributed by atoms with van der Waals surface area (Å²) in [5.41, 5.74) is 2.27. The molecule has 0 bridgehead atoms. The van der Waals surface area contributed by atoms with Crippen molar-refractivity contribution in [2.45, 2.75) is 13.5 Å². The Hall–Kier alpha value is -1.81. The third-order valence-electron chi connectivity index (χ3n) is 2.88. The molecule has 0 heterocycles. The van der Waals surface area contributed by atoms with E-state index in [0.29, 0.717) is 6.54 Å². The largest absolute Gasteiger partial charge is 0.497 e. The predicted octanol–water partition coefficient (Wildman–Crippen LogP) is 1.91. The molecule has 0 spiro atoms. The van der Waals surface area contributed by atoms with Crippen LogP contribution in [0.1, 0.15) is 18.1 Å². The van der Waals surface area contributed by atoms with Gasteiger partial charge >= 0.3 is 0 Å². The Morgan fingerprint density at radius 3 is 2.84 bits per heavy atom. The second kappa shape index (κ2) is 7.59. The highest BCUT2D eigenvalue weighted by Gasteiger charge is 2.06. The highest BCUT2D eigenvalue weighted by Crippen LogP contribution is 2.19. The molecule has 104 valence electrons. The van der Waals surface area contributed by atoms with Gasteiger partial charge in [0.15, 0.2) is 0 Å². The molecule has 0 saturated carbocycles. The van der Waals surface area contributed by atoms with Gasteiger partial charge in [-0.3, -0.25) is 4.79 Å². The number of likely N-dealkylation sites (N-methyl/N-ethyl adjacent to an activating group) is 1. The number of ether oxygens (including phenoxy) is 1. The van der Waals surface area contributed by atoms with Crippen molar-refractivity contribution in [1.29, 1.82) is 0 Å². The molecule has 0 saturated heterocycles. The Morgan fingerprint density at radius 2 is 2.26 bits per heavy atom. The molecule has 1 aromatic rings. The van der Waals surface area contributed by atoms with Gasteiger partial charge in [-0.05, 0) is 30.3 Å². The van der Waals surface area contributed by atoms with Gasteiger partial charge in [0.05, 0.1) is 7.11 Å². The van der Waals surface area contributed by atoms with Gasteiger partial charge in [-0.2, -0.15) is 0 Å². The summed E-state index contributed by atoms with van der Waals surface area (Å²) in [6.45, 7) is 7.59. The average molecular weight is 262 g/mol. The maximum Gasteiger partial charge on any atom is 0.216 e. The van der Waals surface area contributed by atoms with Gasteiger partial charge in [0.25, 0.3) is 0 Å². The maximum absolute atomic E-state index is 10.8. The first-order chi connectivity index (χ1) is 9.06. The van der Waals surface area contributed by atoms with Gasteiger partial charge in [0.2, 0.25) is 5.91 Å². The minimum atomic E-state index is 0.00145. The van der Waals surface area contributed by atoms with E-state index < -0.39 is 0 Å². The Bertz CT molecular complexity index is 444. The van der Waals surface area contributed by atoms with Crippen LogP contribution < -0.4 is 10.1 Å². The summed E-state index contributed by atoms with van der Waals surface area (Å²) in [5.74, 6) is 0.845. The van der Waals surface area contributed by atoms with Crippen molar-refractivity contribution in [3.63, 3.8) is 0 Å². The molecule has 1 rings (SSSR count). The molecule has 0 fully saturated rings. The molecule has 1 amide bonds. The molecule has 0 aliphatic heterocycles. The number of benzene rings is 1. The first kappa shape index (κ1) is 15.2. The zero-order valence-corrected chi connectivity index (χ0v) is 11.9. The van der Waals surface area contributed by atoms with E-state index in [1.54, 1.807) is 7.11 Å². The van der Waals surface area contributed by atoms with E-state index in [0.717, 1.165) is 24.4 Å². The number of hydrogen-bond acceptors (Lipinski definition) is 3. The normalized spacial score (nSPS) is 10.3. The first-order valence-electron chi connectivity index (χ1n) is 6.29. The van der Waals surface area contributed by atoms with E-state index >= 15 is 0 Å². The second-order valence-corrected chi connectivity index (χ2v) is 4.49. The summed E-state index contributed by atoms with van der Waals surface area (Å²) in [4.78, 5) is 13.0. The van der Waals surface area contributed by atoms with E-state index in [4.69, 9.17) is 4.74 Å². The highest BCUT2D eigenvalue weighted by molar-refractivity contribution is 5.72. The topological polar surface area (TPSA) is 41.6 Å². The maximum atomic E-state index is 10.8. The summed E-state index contributed by atoms with van der Waals surface area (Å²) >= 11 is 0. The van der Waals surface area contributed by atoms with E-state index in [1.165, 1.54) is 12.5 Å². The van der Waals surface area contributed by atoms with Crippen molar-refractivity contribution in [2.75, 3.05) is 27.2 Å². The van der Waals surface area contributed by atoms with Gasteiger partial charge < -0.3 is 15.0 Å². The molecule has 19 heavy (non-hydrogen) atoms. The van der Waals surface area contributed by atoms with Crippen molar-refractivity contribution in [3.05, 3.63) is 35.9 Å². The molecule has 4 heteroatoms. The first-order valence-corrected chi connectivity index (χ1v) is 6.29. The summed E-state index contributed by atoms with van der Waals surface area (Å²) in [7, 11) is 3.68. The van der Waals surface area contributed by atoms with Gasteiger partial charge in [-0.15, -0.1) is 0 Å². The predicted molar refractivity (Wildman–Crippen MR) is 78.1 cm³/mol. The average Bonchev–Trinajstić information content (AvgIpc) is 2.38. The van der Waals surface area contributed by atoms with Crippen LogP contribution in [0.2, 0.25) is 0 Å². The number of nitrogens with one attached hydrogen (secondary N) is 1. The number of carbonyl (C=O) groups is 1. The lowest BCUT2D eigenvalue weighted by molar-refractivity contribution is -0.119. The number of hydrogen-bond donors (Lipinski definition) is 1. The van der Waals surface area contributed by atoms with Crippen LogP contribution in [0.5, 0.6) is 5.75 Å². The number of nitrogens with zero attached hydrogens (tertiary/aromatic N) is 1. The molecule has 1 aromatic carbocycles. The molecule has 0 unspecified atom stereocenters. The molecule has 0 aliphatic rings. The van der Waals surface area contributed by atoms with E-state index in [-0.39, 0.29) is 5.91 Å². The Morgan fingerprint density at radius 1 is 1.53 bits per heavy atom. The number of methoxy groups -OCH3 is 1. The van der Waals surface area contributed by atoms with Crippen molar-refractivity contribution >= 4 is 12.0 Å². The van der Waals surface area contributed by atoms with Gasteiger partial charge in [0, 0.05) is 26.6 Å². The fraction of sp³-hybridized carbons (Fsp3) is 0.400. The van der Waals surface area contributed by atoms with Gasteiger partial charge in [0.1, 0.15) is 5.75 Å². The van der Waals surface area contributed by atoms with Crippen molar-refractivity contribution in [2.24, 2.45) is 0 Å². The lowest BCUT2D eigenvalue weighted by atomic mass is 10.1. The van der Waals surface area contributed by atoms with Crippen molar-refractivity contribution in [3.8, 4) is 5.75 Å². The number of rotatable bonds is 7.